The number of rotatable bonds is 4. The van der Waals surface area contributed by atoms with E-state index in [9.17, 15) is 9.59 Å². The second-order valence-electron chi connectivity index (χ2n) is 4.83. The van der Waals surface area contributed by atoms with E-state index in [0.717, 1.165) is 6.42 Å². The van der Waals surface area contributed by atoms with Crippen LogP contribution in [0.25, 0.3) is 0 Å². The molecule has 1 saturated heterocycles. The van der Waals surface area contributed by atoms with Gasteiger partial charge in [0.15, 0.2) is 0 Å². The third-order valence-corrected chi connectivity index (χ3v) is 2.91. The molecular formula is C11H21N3O2. The number of primary amides is 1. The maximum atomic E-state index is 12.0. The van der Waals surface area contributed by atoms with Crippen LogP contribution in [0.4, 0.5) is 0 Å². The van der Waals surface area contributed by atoms with Crippen LogP contribution >= 0.6 is 0 Å². The standard InChI is InChI=1S/C11H21N3O2/c1-7(2)6-8(12)11(16)14-5-3-4-9(14)10(13)15/h7-9H,3-6,12H2,1-2H3,(H2,13,15)/t8-,9+/m1/s1. The Balaban J connectivity index is 2.62. The molecule has 1 fully saturated rings. The molecule has 1 aliphatic rings. The van der Waals surface area contributed by atoms with Crippen LogP contribution in [-0.2, 0) is 9.59 Å². The molecule has 0 aromatic carbocycles. The second kappa shape index (κ2) is 5.30. The van der Waals surface area contributed by atoms with Crippen molar-refractivity contribution in [1.82, 2.24) is 4.90 Å². The number of carbonyl (C=O) groups excluding carboxylic acids is 2. The summed E-state index contributed by atoms with van der Waals surface area (Å²) in [4.78, 5) is 24.7. The number of nitrogens with zero attached hydrogens (tertiary/aromatic N) is 1. The van der Waals surface area contributed by atoms with Gasteiger partial charge >= 0.3 is 0 Å². The van der Waals surface area contributed by atoms with Gasteiger partial charge in [-0.15, -0.1) is 0 Å². The molecular weight excluding hydrogens is 206 g/mol. The first kappa shape index (κ1) is 13.0. The summed E-state index contributed by atoms with van der Waals surface area (Å²) in [5, 5.41) is 0. The number of carbonyl (C=O) groups is 2. The van der Waals surface area contributed by atoms with Crippen LogP contribution in [0.5, 0.6) is 0 Å². The lowest BCUT2D eigenvalue weighted by Crippen LogP contribution is -2.50. The zero-order valence-electron chi connectivity index (χ0n) is 9.98. The fourth-order valence-corrected chi connectivity index (χ4v) is 2.15. The predicted octanol–water partition coefficient (Wildman–Crippen LogP) is -0.164. The average molecular weight is 227 g/mol. The number of hydrogen-bond donors (Lipinski definition) is 2. The minimum atomic E-state index is -0.514. The minimum absolute atomic E-state index is 0.144. The van der Waals surface area contributed by atoms with Gasteiger partial charge in [0.2, 0.25) is 11.8 Å². The molecule has 0 spiro atoms. The summed E-state index contributed by atoms with van der Waals surface area (Å²) in [6, 6.07) is -0.967. The van der Waals surface area contributed by atoms with Gasteiger partial charge in [0, 0.05) is 6.54 Å². The first-order chi connectivity index (χ1) is 7.43. The first-order valence-corrected chi connectivity index (χ1v) is 5.79. The molecule has 92 valence electrons. The van der Waals surface area contributed by atoms with Gasteiger partial charge in [0.05, 0.1) is 6.04 Å². The lowest BCUT2D eigenvalue weighted by Gasteiger charge is -2.26. The van der Waals surface area contributed by atoms with E-state index < -0.39 is 18.0 Å². The van der Waals surface area contributed by atoms with Gasteiger partial charge < -0.3 is 16.4 Å². The van der Waals surface area contributed by atoms with Gasteiger partial charge in [-0.05, 0) is 25.2 Å². The zero-order valence-corrected chi connectivity index (χ0v) is 9.98. The fraction of sp³-hybridized carbons (Fsp3) is 0.818. The van der Waals surface area contributed by atoms with Crippen molar-refractivity contribution in [2.75, 3.05) is 6.54 Å². The molecule has 5 heteroatoms. The highest BCUT2D eigenvalue weighted by Gasteiger charge is 2.34. The van der Waals surface area contributed by atoms with Crippen molar-refractivity contribution in [1.29, 1.82) is 0 Å². The molecule has 0 aromatic heterocycles. The Bertz CT molecular complexity index is 278. The van der Waals surface area contributed by atoms with Crippen molar-refractivity contribution in [2.45, 2.75) is 45.2 Å². The molecule has 1 rings (SSSR count). The molecule has 0 aliphatic carbocycles. The van der Waals surface area contributed by atoms with E-state index in [2.05, 4.69) is 0 Å². The van der Waals surface area contributed by atoms with E-state index in [1.54, 1.807) is 0 Å². The Labute approximate surface area is 96.1 Å². The quantitative estimate of drug-likeness (QED) is 0.699. The van der Waals surface area contributed by atoms with Gasteiger partial charge in [-0.25, -0.2) is 0 Å². The summed E-state index contributed by atoms with van der Waals surface area (Å²) in [5.74, 6) is -0.203. The average Bonchev–Trinajstić information content (AvgIpc) is 2.63. The lowest BCUT2D eigenvalue weighted by atomic mass is 10.0. The van der Waals surface area contributed by atoms with E-state index in [1.165, 1.54) is 4.90 Å². The maximum absolute atomic E-state index is 12.0. The van der Waals surface area contributed by atoms with E-state index in [1.807, 2.05) is 13.8 Å². The smallest absolute Gasteiger partial charge is 0.240 e. The minimum Gasteiger partial charge on any atom is -0.368 e. The van der Waals surface area contributed by atoms with Gasteiger partial charge in [-0.1, -0.05) is 13.8 Å². The van der Waals surface area contributed by atoms with Crippen molar-refractivity contribution in [3.05, 3.63) is 0 Å². The molecule has 2 atom stereocenters. The monoisotopic (exact) mass is 227 g/mol. The van der Waals surface area contributed by atoms with Crippen molar-refractivity contribution >= 4 is 11.8 Å². The molecule has 0 saturated carbocycles. The molecule has 4 N–H and O–H groups in total. The summed E-state index contributed by atoms with van der Waals surface area (Å²) < 4.78 is 0. The van der Waals surface area contributed by atoms with Crippen LogP contribution in [0.2, 0.25) is 0 Å². The number of likely N-dealkylation sites (tertiary alicyclic amines) is 1. The van der Waals surface area contributed by atoms with Crippen molar-refractivity contribution in [3.63, 3.8) is 0 Å². The van der Waals surface area contributed by atoms with E-state index in [4.69, 9.17) is 11.5 Å². The van der Waals surface area contributed by atoms with Crippen LogP contribution in [0, 0.1) is 5.92 Å². The van der Waals surface area contributed by atoms with Crippen molar-refractivity contribution in [2.24, 2.45) is 17.4 Å². The first-order valence-electron chi connectivity index (χ1n) is 5.79. The van der Waals surface area contributed by atoms with Gasteiger partial charge in [0.1, 0.15) is 6.04 Å². The lowest BCUT2D eigenvalue weighted by molar-refractivity contribution is -0.138. The van der Waals surface area contributed by atoms with Crippen LogP contribution in [-0.4, -0.2) is 35.3 Å². The Kier molecular flexibility index (Phi) is 4.29. The van der Waals surface area contributed by atoms with Crippen LogP contribution in [0.15, 0.2) is 0 Å². The molecule has 16 heavy (non-hydrogen) atoms. The van der Waals surface area contributed by atoms with Crippen LogP contribution in [0.3, 0.4) is 0 Å². The summed E-state index contributed by atoms with van der Waals surface area (Å²) in [7, 11) is 0. The van der Waals surface area contributed by atoms with E-state index in [0.29, 0.717) is 25.3 Å². The Morgan fingerprint density at radius 1 is 1.44 bits per heavy atom. The van der Waals surface area contributed by atoms with Gasteiger partial charge in [-0.3, -0.25) is 9.59 Å². The molecule has 0 radical (unpaired) electrons. The topological polar surface area (TPSA) is 89.4 Å². The third kappa shape index (κ3) is 2.95. The highest BCUT2D eigenvalue weighted by molar-refractivity contribution is 5.89. The summed E-state index contributed by atoms with van der Waals surface area (Å²) in [5.41, 5.74) is 11.1. The van der Waals surface area contributed by atoms with Crippen molar-refractivity contribution < 1.29 is 9.59 Å². The third-order valence-electron chi connectivity index (χ3n) is 2.91. The summed E-state index contributed by atoms with van der Waals surface area (Å²) in [6.07, 6.45) is 2.13. The van der Waals surface area contributed by atoms with Gasteiger partial charge in [0.25, 0.3) is 0 Å². The fourth-order valence-electron chi connectivity index (χ4n) is 2.15. The van der Waals surface area contributed by atoms with Crippen molar-refractivity contribution in [3.8, 4) is 0 Å². The zero-order chi connectivity index (χ0) is 12.3. The molecule has 1 aliphatic heterocycles. The van der Waals surface area contributed by atoms with Gasteiger partial charge in [-0.2, -0.15) is 0 Å². The molecule has 2 amide bonds. The van der Waals surface area contributed by atoms with E-state index >= 15 is 0 Å². The highest BCUT2D eigenvalue weighted by atomic mass is 16.2. The number of amides is 2. The molecule has 0 unspecified atom stereocenters. The SMILES string of the molecule is CC(C)C[C@@H](N)C(=O)N1CCC[C@H]1C(N)=O. The number of nitrogens with two attached hydrogens (primary N) is 2. The summed E-state index contributed by atoms with van der Waals surface area (Å²) >= 11 is 0. The largest absolute Gasteiger partial charge is 0.368 e. The van der Waals surface area contributed by atoms with E-state index in [-0.39, 0.29) is 5.91 Å². The summed E-state index contributed by atoms with van der Waals surface area (Å²) in [6.45, 7) is 4.63. The van der Waals surface area contributed by atoms with Crippen LogP contribution in [0.1, 0.15) is 33.1 Å². The number of hydrogen-bond acceptors (Lipinski definition) is 3. The Morgan fingerprint density at radius 3 is 2.56 bits per heavy atom. The maximum Gasteiger partial charge on any atom is 0.240 e. The Morgan fingerprint density at radius 2 is 2.06 bits per heavy atom. The molecule has 1 heterocycles. The molecule has 0 bridgehead atoms. The van der Waals surface area contributed by atoms with Crippen LogP contribution < -0.4 is 11.5 Å². The molecule has 5 nitrogen and oxygen atoms in total. The Hall–Kier alpha value is -1.10. The second-order valence-corrected chi connectivity index (χ2v) is 4.83. The normalized spacial score (nSPS) is 22.5. The predicted molar refractivity (Wildman–Crippen MR) is 61.4 cm³/mol. The highest BCUT2D eigenvalue weighted by Crippen LogP contribution is 2.18. The molecule has 0 aromatic rings.